The summed E-state index contributed by atoms with van der Waals surface area (Å²) in [5, 5.41) is 3.63. The second-order valence-electron chi connectivity index (χ2n) is 4.68. The predicted octanol–water partition coefficient (Wildman–Crippen LogP) is 2.78. The largest absolute Gasteiger partial charge is 0.377 e. The van der Waals surface area contributed by atoms with Gasteiger partial charge in [-0.05, 0) is 29.2 Å². The molecule has 2 atom stereocenters. The van der Waals surface area contributed by atoms with Gasteiger partial charge in [0.25, 0.3) is 0 Å². The van der Waals surface area contributed by atoms with E-state index in [2.05, 4.69) is 53.9 Å². The lowest BCUT2D eigenvalue weighted by atomic mass is 9.83. The molecule has 0 saturated heterocycles. The molecule has 0 aromatic rings. The monoisotopic (exact) mass is 207 g/mol. The molecular weight excluding hydrogens is 194 g/mol. The summed E-state index contributed by atoms with van der Waals surface area (Å²) in [6, 6.07) is 0.469. The third-order valence-electron chi connectivity index (χ3n) is 3.82. The highest BCUT2D eigenvalue weighted by molar-refractivity contribution is 5.59. The maximum atomic E-state index is 3.63. The summed E-state index contributed by atoms with van der Waals surface area (Å²) in [6.45, 7) is 0. The van der Waals surface area contributed by atoms with Crippen LogP contribution >= 0.6 is 0 Å². The third kappa shape index (κ3) is 0.955. The van der Waals surface area contributed by atoms with Crippen molar-refractivity contribution in [2.75, 3.05) is 0 Å². The van der Waals surface area contributed by atoms with Gasteiger partial charge in [0.15, 0.2) is 0 Å². The number of hydrogen-bond donors (Lipinski definition) is 1. The van der Waals surface area contributed by atoms with Gasteiger partial charge in [-0.1, -0.05) is 42.5 Å². The van der Waals surface area contributed by atoms with Crippen LogP contribution in [0.2, 0.25) is 0 Å². The van der Waals surface area contributed by atoms with Gasteiger partial charge in [0.1, 0.15) is 0 Å². The Morgan fingerprint density at radius 1 is 1.19 bits per heavy atom. The minimum Gasteiger partial charge on any atom is -0.377 e. The molecule has 0 saturated carbocycles. The summed E-state index contributed by atoms with van der Waals surface area (Å²) < 4.78 is 0. The highest BCUT2D eigenvalue weighted by Crippen LogP contribution is 2.42. The van der Waals surface area contributed by atoms with E-state index in [1.165, 1.54) is 22.4 Å². The van der Waals surface area contributed by atoms with Crippen molar-refractivity contribution in [2.45, 2.75) is 12.5 Å². The Balaban J connectivity index is 1.91. The highest BCUT2D eigenvalue weighted by atomic mass is 15.0. The predicted molar refractivity (Wildman–Crippen MR) is 65.6 cm³/mol. The standard InChI is InChI=1S/C15H13N/c1-2-6-11-10(5-1)9-14-12-7-3-4-8-13(12)15(11)16-14/h1-4,6-9,13,15-16H,5H2. The Kier molecular flexibility index (Phi) is 1.51. The van der Waals surface area contributed by atoms with Gasteiger partial charge in [-0.2, -0.15) is 0 Å². The fourth-order valence-corrected chi connectivity index (χ4v) is 3.07. The molecule has 0 spiro atoms. The van der Waals surface area contributed by atoms with Gasteiger partial charge in [-0.15, -0.1) is 0 Å². The first-order chi connectivity index (χ1) is 7.93. The van der Waals surface area contributed by atoms with Crippen LogP contribution in [-0.4, -0.2) is 6.04 Å². The summed E-state index contributed by atoms with van der Waals surface area (Å²) in [6.07, 6.45) is 18.9. The fourth-order valence-electron chi connectivity index (χ4n) is 3.07. The molecule has 1 heteroatoms. The van der Waals surface area contributed by atoms with Gasteiger partial charge >= 0.3 is 0 Å². The van der Waals surface area contributed by atoms with Crippen LogP contribution in [0.4, 0.5) is 0 Å². The van der Waals surface area contributed by atoms with Crippen molar-refractivity contribution >= 4 is 0 Å². The molecule has 4 rings (SSSR count). The lowest BCUT2D eigenvalue weighted by Gasteiger charge is -2.28. The molecule has 2 unspecified atom stereocenters. The Morgan fingerprint density at radius 2 is 2.19 bits per heavy atom. The van der Waals surface area contributed by atoms with E-state index in [0.717, 1.165) is 6.42 Å². The molecule has 1 nitrogen and oxygen atoms in total. The van der Waals surface area contributed by atoms with Crippen LogP contribution in [-0.2, 0) is 0 Å². The van der Waals surface area contributed by atoms with Gasteiger partial charge < -0.3 is 5.32 Å². The normalized spacial score (nSPS) is 33.0. The van der Waals surface area contributed by atoms with Gasteiger partial charge in [0.05, 0.1) is 6.04 Å². The topological polar surface area (TPSA) is 12.0 Å². The number of hydrogen-bond acceptors (Lipinski definition) is 1. The molecule has 78 valence electrons. The second kappa shape index (κ2) is 2.88. The summed E-state index contributed by atoms with van der Waals surface area (Å²) in [5.41, 5.74) is 5.75. The number of nitrogens with one attached hydrogen (secondary N) is 1. The Labute approximate surface area is 95.2 Å². The minimum absolute atomic E-state index is 0.469. The average molecular weight is 207 g/mol. The van der Waals surface area contributed by atoms with E-state index in [9.17, 15) is 0 Å². The van der Waals surface area contributed by atoms with Crippen molar-refractivity contribution in [1.82, 2.24) is 5.32 Å². The molecule has 0 aromatic heterocycles. The molecule has 16 heavy (non-hydrogen) atoms. The second-order valence-corrected chi connectivity index (χ2v) is 4.68. The Morgan fingerprint density at radius 3 is 3.19 bits per heavy atom. The summed E-state index contributed by atoms with van der Waals surface area (Å²) in [5.74, 6) is 0.534. The third-order valence-corrected chi connectivity index (χ3v) is 3.82. The van der Waals surface area contributed by atoms with Crippen molar-refractivity contribution in [3.05, 3.63) is 71.0 Å². The van der Waals surface area contributed by atoms with E-state index in [1.54, 1.807) is 0 Å². The van der Waals surface area contributed by atoms with E-state index in [4.69, 9.17) is 0 Å². The SMILES string of the molecule is C1=CCC2=CC3=C4C=CC=CC4C(N3)C2=C1. The smallest absolute Gasteiger partial charge is 0.0620 e. The molecule has 2 aliphatic carbocycles. The van der Waals surface area contributed by atoms with Gasteiger partial charge in [0, 0.05) is 11.6 Å². The summed E-state index contributed by atoms with van der Waals surface area (Å²) in [4.78, 5) is 0. The average Bonchev–Trinajstić information content (AvgIpc) is 2.65. The van der Waals surface area contributed by atoms with Crippen LogP contribution < -0.4 is 5.32 Å². The molecule has 0 radical (unpaired) electrons. The fraction of sp³-hybridized carbons (Fsp3) is 0.200. The molecule has 0 aromatic carbocycles. The molecule has 2 bridgehead atoms. The van der Waals surface area contributed by atoms with Crippen molar-refractivity contribution < 1.29 is 0 Å². The van der Waals surface area contributed by atoms with Gasteiger partial charge in [-0.25, -0.2) is 0 Å². The van der Waals surface area contributed by atoms with Crippen LogP contribution in [0, 0.1) is 5.92 Å². The molecule has 0 fully saturated rings. The summed E-state index contributed by atoms with van der Waals surface area (Å²) in [7, 11) is 0. The lowest BCUT2D eigenvalue weighted by molar-refractivity contribution is 0.600. The molecule has 1 N–H and O–H groups in total. The number of fused-ring (bicyclic) bond motifs is 6. The zero-order valence-electron chi connectivity index (χ0n) is 8.98. The molecule has 0 amide bonds. The minimum atomic E-state index is 0.469. The maximum Gasteiger partial charge on any atom is 0.0620 e. The van der Waals surface area contributed by atoms with E-state index in [0.29, 0.717) is 12.0 Å². The van der Waals surface area contributed by atoms with Crippen LogP contribution in [0.15, 0.2) is 71.0 Å². The van der Waals surface area contributed by atoms with Crippen LogP contribution in [0.3, 0.4) is 0 Å². The number of allylic oxidation sites excluding steroid dienone is 7. The first-order valence-corrected chi connectivity index (χ1v) is 5.87. The van der Waals surface area contributed by atoms with E-state index in [-0.39, 0.29) is 0 Å². The van der Waals surface area contributed by atoms with E-state index in [1.807, 2.05) is 0 Å². The first kappa shape index (κ1) is 8.40. The Bertz CT molecular complexity index is 538. The number of rotatable bonds is 0. The highest BCUT2D eigenvalue weighted by Gasteiger charge is 2.38. The zero-order valence-corrected chi connectivity index (χ0v) is 8.98. The lowest BCUT2D eigenvalue weighted by Crippen LogP contribution is -2.33. The quantitative estimate of drug-likeness (QED) is 0.644. The van der Waals surface area contributed by atoms with Gasteiger partial charge in [0.2, 0.25) is 0 Å². The first-order valence-electron chi connectivity index (χ1n) is 5.87. The van der Waals surface area contributed by atoms with E-state index >= 15 is 0 Å². The van der Waals surface area contributed by atoms with Crippen molar-refractivity contribution in [3.63, 3.8) is 0 Å². The van der Waals surface area contributed by atoms with Crippen molar-refractivity contribution in [1.29, 1.82) is 0 Å². The van der Waals surface area contributed by atoms with Crippen molar-refractivity contribution in [2.24, 2.45) is 5.92 Å². The van der Waals surface area contributed by atoms with Crippen LogP contribution in [0.25, 0.3) is 0 Å². The van der Waals surface area contributed by atoms with E-state index < -0.39 is 0 Å². The molecular formula is C15H13N. The molecule has 2 heterocycles. The summed E-state index contributed by atoms with van der Waals surface area (Å²) >= 11 is 0. The van der Waals surface area contributed by atoms with Gasteiger partial charge in [-0.3, -0.25) is 0 Å². The maximum absolute atomic E-state index is 3.63. The molecule has 4 aliphatic rings. The zero-order chi connectivity index (χ0) is 10.5. The van der Waals surface area contributed by atoms with Crippen LogP contribution in [0.5, 0.6) is 0 Å². The van der Waals surface area contributed by atoms with Crippen molar-refractivity contribution in [3.8, 4) is 0 Å². The van der Waals surface area contributed by atoms with Crippen LogP contribution in [0.1, 0.15) is 6.42 Å². The Hall–Kier alpha value is -1.76. The molecule has 2 aliphatic heterocycles.